The van der Waals surface area contributed by atoms with E-state index in [4.69, 9.17) is 11.6 Å². The quantitative estimate of drug-likeness (QED) is 0.461. The Kier molecular flexibility index (Phi) is 2.99. The van der Waals surface area contributed by atoms with E-state index < -0.39 is 4.92 Å². The molecule has 1 heterocycles. The van der Waals surface area contributed by atoms with Crippen LogP contribution in [0.2, 0.25) is 0 Å². The van der Waals surface area contributed by atoms with E-state index in [2.05, 4.69) is 20.9 Å². The zero-order valence-corrected chi connectivity index (χ0v) is 8.17. The van der Waals surface area contributed by atoms with Gasteiger partial charge in [-0.05, 0) is 15.9 Å². The van der Waals surface area contributed by atoms with Crippen LogP contribution in [-0.4, -0.2) is 9.91 Å². The Morgan fingerprint density at radius 1 is 1.67 bits per heavy atom. The van der Waals surface area contributed by atoms with Gasteiger partial charge in [0.1, 0.15) is 10.7 Å². The second-order valence-corrected chi connectivity index (χ2v) is 3.08. The molecule has 4 nitrogen and oxygen atoms in total. The molecule has 0 N–H and O–H groups in total. The van der Waals surface area contributed by atoms with E-state index in [0.29, 0.717) is 10.0 Å². The van der Waals surface area contributed by atoms with Crippen LogP contribution in [0.1, 0.15) is 5.56 Å². The van der Waals surface area contributed by atoms with Gasteiger partial charge in [0.15, 0.2) is 0 Å². The van der Waals surface area contributed by atoms with Crippen molar-refractivity contribution in [3.05, 3.63) is 32.5 Å². The van der Waals surface area contributed by atoms with Crippen LogP contribution >= 0.6 is 27.5 Å². The number of pyridine rings is 1. The van der Waals surface area contributed by atoms with Gasteiger partial charge in [-0.3, -0.25) is 15.1 Å². The highest BCUT2D eigenvalue weighted by atomic mass is 79.9. The van der Waals surface area contributed by atoms with Crippen molar-refractivity contribution in [3.8, 4) is 0 Å². The molecule has 0 fully saturated rings. The summed E-state index contributed by atoms with van der Waals surface area (Å²) in [4.78, 5) is 13.6. The Hall–Kier alpha value is -0.680. The Bertz CT molecular complexity index is 318. The Balaban J connectivity index is 3.23. The van der Waals surface area contributed by atoms with Crippen LogP contribution in [0.4, 0.5) is 5.69 Å². The lowest BCUT2D eigenvalue weighted by Gasteiger charge is -1.98. The molecule has 1 aromatic heterocycles. The summed E-state index contributed by atoms with van der Waals surface area (Å²) >= 11 is 8.59. The number of alkyl halides is 1. The van der Waals surface area contributed by atoms with E-state index in [1.807, 2.05) is 0 Å². The van der Waals surface area contributed by atoms with Gasteiger partial charge in [0, 0.05) is 11.8 Å². The topological polar surface area (TPSA) is 56.0 Å². The van der Waals surface area contributed by atoms with Gasteiger partial charge in [-0.25, -0.2) is 0 Å². The van der Waals surface area contributed by atoms with Crippen molar-refractivity contribution in [2.24, 2.45) is 0 Å². The molecular formula is C6H4BrClN2O2. The van der Waals surface area contributed by atoms with Crippen molar-refractivity contribution in [2.45, 2.75) is 5.88 Å². The predicted molar refractivity (Wildman–Crippen MR) is 48.1 cm³/mol. The van der Waals surface area contributed by atoms with Crippen molar-refractivity contribution in [2.75, 3.05) is 0 Å². The van der Waals surface area contributed by atoms with Crippen LogP contribution < -0.4 is 0 Å². The molecule has 0 aliphatic heterocycles. The van der Waals surface area contributed by atoms with E-state index in [1.165, 1.54) is 12.4 Å². The first-order valence-electron chi connectivity index (χ1n) is 2.99. The van der Waals surface area contributed by atoms with Gasteiger partial charge in [0.05, 0.1) is 10.8 Å². The molecule has 0 amide bonds. The van der Waals surface area contributed by atoms with Gasteiger partial charge in [0.25, 0.3) is 0 Å². The van der Waals surface area contributed by atoms with Crippen LogP contribution in [0.25, 0.3) is 0 Å². The van der Waals surface area contributed by atoms with Gasteiger partial charge in [-0.2, -0.15) is 0 Å². The minimum Gasteiger partial charge on any atom is -0.258 e. The molecule has 0 unspecified atom stereocenters. The number of nitro groups is 1. The third-order valence-corrected chi connectivity index (χ3v) is 2.48. The maximum Gasteiger partial charge on any atom is 0.301 e. The zero-order chi connectivity index (χ0) is 9.14. The van der Waals surface area contributed by atoms with Crippen molar-refractivity contribution < 1.29 is 4.92 Å². The first kappa shape index (κ1) is 9.41. The molecule has 0 aliphatic carbocycles. The van der Waals surface area contributed by atoms with Crippen LogP contribution in [0, 0.1) is 10.1 Å². The summed E-state index contributed by atoms with van der Waals surface area (Å²) in [6, 6.07) is 0. The molecule has 1 aromatic rings. The molecule has 0 aromatic carbocycles. The SMILES string of the molecule is O=[N+]([O-])c1cncc(CCl)c1Br. The van der Waals surface area contributed by atoms with Gasteiger partial charge >= 0.3 is 5.69 Å². The normalized spacial score (nSPS) is 9.83. The van der Waals surface area contributed by atoms with Crippen molar-refractivity contribution in [1.82, 2.24) is 4.98 Å². The summed E-state index contributed by atoms with van der Waals surface area (Å²) in [5.74, 6) is 0.204. The van der Waals surface area contributed by atoms with Gasteiger partial charge < -0.3 is 0 Å². The van der Waals surface area contributed by atoms with Crippen LogP contribution in [0.15, 0.2) is 16.9 Å². The standard InChI is InChI=1S/C6H4BrClN2O2/c7-6-4(1-8)2-9-3-5(6)10(11)12/h2-3H,1H2. The zero-order valence-electron chi connectivity index (χ0n) is 5.83. The Labute approximate surface area is 81.8 Å². The van der Waals surface area contributed by atoms with Crippen LogP contribution in [0.5, 0.6) is 0 Å². The Morgan fingerprint density at radius 3 is 2.83 bits per heavy atom. The van der Waals surface area contributed by atoms with E-state index in [9.17, 15) is 10.1 Å². The third-order valence-electron chi connectivity index (χ3n) is 1.27. The van der Waals surface area contributed by atoms with E-state index >= 15 is 0 Å². The first-order valence-corrected chi connectivity index (χ1v) is 4.32. The van der Waals surface area contributed by atoms with Crippen LogP contribution in [0.3, 0.4) is 0 Å². The predicted octanol–water partition coefficient (Wildman–Crippen LogP) is 2.49. The summed E-state index contributed by atoms with van der Waals surface area (Å²) in [7, 11) is 0. The number of hydrogen-bond donors (Lipinski definition) is 0. The molecule has 1 rings (SSSR count). The van der Waals surface area contributed by atoms with E-state index in [-0.39, 0.29) is 11.6 Å². The second-order valence-electron chi connectivity index (χ2n) is 2.02. The summed E-state index contributed by atoms with van der Waals surface area (Å²) in [5.41, 5.74) is 0.555. The number of rotatable bonds is 2. The number of halogens is 2. The molecule has 6 heteroatoms. The van der Waals surface area contributed by atoms with Crippen LogP contribution in [-0.2, 0) is 5.88 Å². The molecular weight excluding hydrogens is 247 g/mol. The molecule has 0 radical (unpaired) electrons. The minimum atomic E-state index is -0.507. The number of nitrogens with zero attached hydrogens (tertiary/aromatic N) is 2. The summed E-state index contributed by atoms with van der Waals surface area (Å²) < 4.78 is 0.400. The summed E-state index contributed by atoms with van der Waals surface area (Å²) in [6.45, 7) is 0. The molecule has 0 bridgehead atoms. The van der Waals surface area contributed by atoms with Gasteiger partial charge in [-0.15, -0.1) is 11.6 Å². The fourth-order valence-electron chi connectivity index (χ4n) is 0.696. The fraction of sp³-hybridized carbons (Fsp3) is 0.167. The van der Waals surface area contributed by atoms with Gasteiger partial charge in [0.2, 0.25) is 0 Å². The van der Waals surface area contributed by atoms with Crippen molar-refractivity contribution >= 4 is 33.2 Å². The second kappa shape index (κ2) is 3.82. The molecule has 0 saturated carbocycles. The highest BCUT2D eigenvalue weighted by molar-refractivity contribution is 9.10. The first-order chi connectivity index (χ1) is 5.66. The lowest BCUT2D eigenvalue weighted by Crippen LogP contribution is -1.93. The fourth-order valence-corrected chi connectivity index (χ4v) is 1.55. The lowest BCUT2D eigenvalue weighted by molar-refractivity contribution is -0.386. The summed E-state index contributed by atoms with van der Waals surface area (Å²) in [6.07, 6.45) is 2.67. The lowest BCUT2D eigenvalue weighted by atomic mass is 10.3. The minimum absolute atomic E-state index is 0.0619. The maximum atomic E-state index is 10.4. The average Bonchev–Trinajstić information content (AvgIpc) is 2.04. The Morgan fingerprint density at radius 2 is 2.33 bits per heavy atom. The van der Waals surface area contributed by atoms with E-state index in [1.54, 1.807) is 0 Å². The highest BCUT2D eigenvalue weighted by Crippen LogP contribution is 2.27. The van der Waals surface area contributed by atoms with Crippen molar-refractivity contribution in [3.63, 3.8) is 0 Å². The third kappa shape index (κ3) is 1.73. The smallest absolute Gasteiger partial charge is 0.258 e. The van der Waals surface area contributed by atoms with E-state index in [0.717, 1.165) is 0 Å². The molecule has 64 valence electrons. The molecule has 0 saturated heterocycles. The van der Waals surface area contributed by atoms with Crippen molar-refractivity contribution in [1.29, 1.82) is 0 Å². The molecule has 0 atom stereocenters. The monoisotopic (exact) mass is 250 g/mol. The molecule has 12 heavy (non-hydrogen) atoms. The van der Waals surface area contributed by atoms with Gasteiger partial charge in [-0.1, -0.05) is 0 Å². The summed E-state index contributed by atoms with van der Waals surface area (Å²) in [5, 5.41) is 10.4. The highest BCUT2D eigenvalue weighted by Gasteiger charge is 2.14. The number of aromatic nitrogens is 1. The number of hydrogen-bond acceptors (Lipinski definition) is 3. The molecule has 0 spiro atoms. The maximum absolute atomic E-state index is 10.4. The molecule has 0 aliphatic rings. The largest absolute Gasteiger partial charge is 0.301 e. The average molecular weight is 251 g/mol.